The molecule has 8 nitrogen and oxygen atoms in total. The van der Waals surface area contributed by atoms with E-state index < -0.39 is 11.2 Å². The number of ether oxygens (including phenoxy) is 2. The van der Waals surface area contributed by atoms with Gasteiger partial charge >= 0.3 is 0 Å². The maximum absolute atomic E-state index is 13.9. The summed E-state index contributed by atoms with van der Waals surface area (Å²) in [6.45, 7) is 4.32. The van der Waals surface area contributed by atoms with E-state index in [0.717, 1.165) is 5.56 Å². The predicted octanol–water partition coefficient (Wildman–Crippen LogP) is 4.68. The number of benzene rings is 3. The fourth-order valence-electron chi connectivity index (χ4n) is 3.85. The molecule has 186 valence electrons. The number of hydrogen-bond donors (Lipinski definition) is 3. The molecular formula is C27H27FN4O4. The SMILES string of the molecule is COc1ccc(C(=O)Nc2ccc(C(C)(C)CNC(=O)c3[nH]nc4c(F)cccc34)cc2)cc1OC. The average molecular weight is 491 g/mol. The highest BCUT2D eigenvalue weighted by Crippen LogP contribution is 2.28. The molecule has 4 aromatic rings. The van der Waals surface area contributed by atoms with Crippen molar-refractivity contribution in [3.05, 3.63) is 83.3 Å². The molecule has 2 amide bonds. The third-order valence-corrected chi connectivity index (χ3v) is 6.02. The average Bonchev–Trinajstić information content (AvgIpc) is 3.33. The van der Waals surface area contributed by atoms with Gasteiger partial charge in [0.15, 0.2) is 17.3 Å². The molecule has 0 spiro atoms. The lowest BCUT2D eigenvalue weighted by atomic mass is 9.84. The Morgan fingerprint density at radius 1 is 0.972 bits per heavy atom. The van der Waals surface area contributed by atoms with Crippen molar-refractivity contribution in [2.24, 2.45) is 0 Å². The smallest absolute Gasteiger partial charge is 0.269 e. The second kappa shape index (κ2) is 10.1. The molecule has 0 saturated carbocycles. The fourth-order valence-corrected chi connectivity index (χ4v) is 3.85. The minimum Gasteiger partial charge on any atom is -0.493 e. The second-order valence-electron chi connectivity index (χ2n) is 8.90. The van der Waals surface area contributed by atoms with E-state index in [2.05, 4.69) is 20.8 Å². The maximum Gasteiger partial charge on any atom is 0.269 e. The minimum atomic E-state index is -0.485. The lowest BCUT2D eigenvalue weighted by molar-refractivity contribution is 0.0941. The first kappa shape index (κ1) is 24.7. The molecule has 1 aromatic heterocycles. The van der Waals surface area contributed by atoms with Crippen LogP contribution in [-0.2, 0) is 5.41 Å². The number of hydrogen-bond acceptors (Lipinski definition) is 5. The molecule has 0 atom stereocenters. The molecule has 4 rings (SSSR count). The van der Waals surface area contributed by atoms with Crippen molar-refractivity contribution in [1.82, 2.24) is 15.5 Å². The zero-order valence-electron chi connectivity index (χ0n) is 20.4. The van der Waals surface area contributed by atoms with E-state index >= 15 is 0 Å². The van der Waals surface area contributed by atoms with Gasteiger partial charge in [-0.1, -0.05) is 38.1 Å². The van der Waals surface area contributed by atoms with Crippen LogP contribution in [0.5, 0.6) is 11.5 Å². The van der Waals surface area contributed by atoms with Gasteiger partial charge in [-0.05, 0) is 42.0 Å². The number of carbonyl (C=O) groups is 2. The molecular weight excluding hydrogens is 463 g/mol. The number of halogens is 1. The van der Waals surface area contributed by atoms with Crippen LogP contribution in [0.1, 0.15) is 40.3 Å². The number of anilines is 1. The summed E-state index contributed by atoms with van der Waals surface area (Å²) in [5.74, 6) is -0.118. The fraction of sp³-hybridized carbons (Fsp3) is 0.222. The van der Waals surface area contributed by atoms with Gasteiger partial charge in [-0.15, -0.1) is 0 Å². The maximum atomic E-state index is 13.9. The molecule has 0 radical (unpaired) electrons. The van der Waals surface area contributed by atoms with Crippen molar-refractivity contribution < 1.29 is 23.5 Å². The van der Waals surface area contributed by atoms with Gasteiger partial charge in [0.25, 0.3) is 11.8 Å². The largest absolute Gasteiger partial charge is 0.493 e. The third kappa shape index (κ3) is 5.00. The van der Waals surface area contributed by atoms with Gasteiger partial charge in [-0.2, -0.15) is 5.10 Å². The van der Waals surface area contributed by atoms with E-state index in [1.807, 2.05) is 38.1 Å². The van der Waals surface area contributed by atoms with Crippen molar-refractivity contribution in [2.45, 2.75) is 19.3 Å². The number of methoxy groups -OCH3 is 2. The number of aromatic amines is 1. The van der Waals surface area contributed by atoms with Gasteiger partial charge in [0.2, 0.25) is 0 Å². The Bertz CT molecular complexity index is 1410. The van der Waals surface area contributed by atoms with E-state index in [0.29, 0.717) is 34.7 Å². The minimum absolute atomic E-state index is 0.132. The van der Waals surface area contributed by atoms with Crippen LogP contribution in [0.15, 0.2) is 60.7 Å². The summed E-state index contributed by atoms with van der Waals surface area (Å²) in [4.78, 5) is 25.4. The number of nitrogens with one attached hydrogen (secondary N) is 3. The Morgan fingerprint density at radius 2 is 1.69 bits per heavy atom. The molecule has 0 bridgehead atoms. The molecule has 0 aliphatic rings. The number of amides is 2. The van der Waals surface area contributed by atoms with E-state index in [-0.39, 0.29) is 23.0 Å². The van der Waals surface area contributed by atoms with Crippen molar-refractivity contribution in [3.63, 3.8) is 0 Å². The number of aromatic nitrogens is 2. The summed E-state index contributed by atoms with van der Waals surface area (Å²) in [5, 5.41) is 12.7. The summed E-state index contributed by atoms with van der Waals surface area (Å²) in [6, 6.07) is 16.9. The normalized spacial score (nSPS) is 11.2. The summed E-state index contributed by atoms with van der Waals surface area (Å²) in [7, 11) is 3.05. The van der Waals surface area contributed by atoms with Gasteiger partial charge in [-0.3, -0.25) is 14.7 Å². The van der Waals surface area contributed by atoms with Crippen molar-refractivity contribution in [3.8, 4) is 11.5 Å². The van der Waals surface area contributed by atoms with Crippen LogP contribution in [0.2, 0.25) is 0 Å². The van der Waals surface area contributed by atoms with Crippen LogP contribution in [0.4, 0.5) is 10.1 Å². The van der Waals surface area contributed by atoms with Crippen molar-refractivity contribution in [2.75, 3.05) is 26.1 Å². The number of H-pyrrole nitrogens is 1. The molecule has 0 aliphatic heterocycles. The lowest BCUT2D eigenvalue weighted by Crippen LogP contribution is -2.36. The van der Waals surface area contributed by atoms with E-state index in [9.17, 15) is 14.0 Å². The van der Waals surface area contributed by atoms with Gasteiger partial charge < -0.3 is 20.1 Å². The quantitative estimate of drug-likeness (QED) is 0.333. The second-order valence-corrected chi connectivity index (χ2v) is 8.90. The number of carbonyl (C=O) groups excluding carboxylic acids is 2. The highest BCUT2D eigenvalue weighted by atomic mass is 19.1. The van der Waals surface area contributed by atoms with Crippen LogP contribution in [0.3, 0.4) is 0 Å². The van der Waals surface area contributed by atoms with Crippen LogP contribution in [0.25, 0.3) is 10.9 Å². The molecule has 36 heavy (non-hydrogen) atoms. The van der Waals surface area contributed by atoms with E-state index in [1.165, 1.54) is 20.3 Å². The zero-order chi connectivity index (χ0) is 25.9. The molecule has 0 unspecified atom stereocenters. The summed E-state index contributed by atoms with van der Waals surface area (Å²) >= 11 is 0. The van der Waals surface area contributed by atoms with Gasteiger partial charge in [0.05, 0.1) is 14.2 Å². The van der Waals surface area contributed by atoms with Crippen LogP contribution >= 0.6 is 0 Å². The van der Waals surface area contributed by atoms with Crippen molar-refractivity contribution >= 4 is 28.4 Å². The van der Waals surface area contributed by atoms with E-state index in [1.54, 1.807) is 30.3 Å². The number of fused-ring (bicyclic) bond motifs is 1. The Labute approximate surface area is 207 Å². The Balaban J connectivity index is 1.40. The molecule has 9 heteroatoms. The highest BCUT2D eigenvalue weighted by molar-refractivity contribution is 6.05. The van der Waals surface area contributed by atoms with Gasteiger partial charge in [0, 0.05) is 28.6 Å². The van der Waals surface area contributed by atoms with Crippen LogP contribution in [0, 0.1) is 5.82 Å². The molecule has 0 saturated heterocycles. The van der Waals surface area contributed by atoms with Crippen LogP contribution in [-0.4, -0.2) is 42.8 Å². The Hall–Kier alpha value is -4.40. The summed E-state index contributed by atoms with van der Waals surface area (Å²) in [5.41, 5.74) is 1.96. The number of para-hydroxylation sites is 1. The third-order valence-electron chi connectivity index (χ3n) is 6.02. The lowest BCUT2D eigenvalue weighted by Gasteiger charge is -2.26. The zero-order valence-corrected chi connectivity index (χ0v) is 20.4. The summed E-state index contributed by atoms with van der Waals surface area (Å²) in [6.07, 6.45) is 0. The van der Waals surface area contributed by atoms with Crippen LogP contribution < -0.4 is 20.1 Å². The molecule has 3 N–H and O–H groups in total. The first-order chi connectivity index (χ1) is 17.2. The highest BCUT2D eigenvalue weighted by Gasteiger charge is 2.23. The Kier molecular flexibility index (Phi) is 6.91. The molecule has 3 aromatic carbocycles. The Morgan fingerprint density at radius 3 is 2.39 bits per heavy atom. The van der Waals surface area contributed by atoms with E-state index in [4.69, 9.17) is 9.47 Å². The van der Waals surface area contributed by atoms with Gasteiger partial charge in [-0.25, -0.2) is 4.39 Å². The van der Waals surface area contributed by atoms with Gasteiger partial charge in [0.1, 0.15) is 11.2 Å². The number of nitrogens with zero attached hydrogens (tertiary/aromatic N) is 1. The molecule has 1 heterocycles. The predicted molar refractivity (Wildman–Crippen MR) is 135 cm³/mol. The topological polar surface area (TPSA) is 105 Å². The standard InChI is InChI=1S/C27H27FN4O4/c1-27(2,15-29-26(34)24-19-6-5-7-20(28)23(19)31-32-24)17-9-11-18(12-10-17)30-25(33)16-8-13-21(35-3)22(14-16)36-4/h5-14H,15H2,1-4H3,(H,29,34)(H,30,33)(H,31,32). The molecule has 0 aliphatic carbocycles. The monoisotopic (exact) mass is 490 g/mol. The molecule has 0 fully saturated rings. The first-order valence-electron chi connectivity index (χ1n) is 11.3. The summed E-state index contributed by atoms with van der Waals surface area (Å²) < 4.78 is 24.4. The first-order valence-corrected chi connectivity index (χ1v) is 11.3. The number of rotatable bonds is 8. The van der Waals surface area contributed by atoms with Crippen molar-refractivity contribution in [1.29, 1.82) is 0 Å².